The van der Waals surface area contributed by atoms with Crippen LogP contribution >= 0.6 is 0 Å². The van der Waals surface area contributed by atoms with E-state index < -0.39 is 17.8 Å². The van der Waals surface area contributed by atoms with Gasteiger partial charge in [-0.05, 0) is 38.3 Å². The maximum absolute atomic E-state index is 12.3. The summed E-state index contributed by atoms with van der Waals surface area (Å²) in [4.78, 5) is 23.5. The molecule has 1 fully saturated rings. The van der Waals surface area contributed by atoms with Crippen molar-refractivity contribution in [1.82, 2.24) is 0 Å². The summed E-state index contributed by atoms with van der Waals surface area (Å²) < 4.78 is 0. The quantitative estimate of drug-likeness (QED) is 0.832. The second-order valence-electron chi connectivity index (χ2n) is 5.52. The van der Waals surface area contributed by atoms with Crippen molar-refractivity contribution in [1.29, 1.82) is 0 Å². The highest BCUT2D eigenvalue weighted by Gasteiger charge is 2.39. The third-order valence-electron chi connectivity index (χ3n) is 3.80. The Bertz CT molecular complexity index is 577. The molecule has 0 heterocycles. The molecule has 1 saturated carbocycles. The summed E-state index contributed by atoms with van der Waals surface area (Å²) in [5, 5.41) is 12.0. The zero-order valence-electron chi connectivity index (χ0n) is 11.8. The van der Waals surface area contributed by atoms with E-state index in [1.807, 2.05) is 32.0 Å². The van der Waals surface area contributed by atoms with Gasteiger partial charge in [0, 0.05) is 5.69 Å². The van der Waals surface area contributed by atoms with Crippen LogP contribution in [0.4, 0.5) is 5.69 Å². The average Bonchev–Trinajstić information content (AvgIpc) is 2.75. The number of carbonyl (C=O) groups is 2. The van der Waals surface area contributed by atoms with Crippen LogP contribution < -0.4 is 5.32 Å². The first-order valence-electron chi connectivity index (χ1n) is 6.66. The van der Waals surface area contributed by atoms with Gasteiger partial charge in [0.1, 0.15) is 0 Å². The van der Waals surface area contributed by atoms with Crippen molar-refractivity contribution in [3.63, 3.8) is 0 Å². The minimum atomic E-state index is -0.926. The molecule has 1 aromatic carbocycles. The molecule has 106 valence electrons. The number of benzene rings is 1. The number of aryl methyl sites for hydroxylation is 2. The molecule has 2 rings (SSSR count). The lowest BCUT2D eigenvalue weighted by Gasteiger charge is -2.16. The zero-order valence-corrected chi connectivity index (χ0v) is 11.8. The molecule has 0 bridgehead atoms. The van der Waals surface area contributed by atoms with Crippen LogP contribution in [0.5, 0.6) is 0 Å². The maximum atomic E-state index is 12.3. The molecule has 2 N–H and O–H groups in total. The largest absolute Gasteiger partial charge is 0.481 e. The van der Waals surface area contributed by atoms with Crippen LogP contribution in [-0.4, -0.2) is 17.0 Å². The second-order valence-corrected chi connectivity index (χ2v) is 5.52. The smallest absolute Gasteiger partial charge is 0.307 e. The maximum Gasteiger partial charge on any atom is 0.307 e. The lowest BCUT2D eigenvalue weighted by atomic mass is 9.95. The first-order chi connectivity index (χ1) is 9.38. The molecule has 1 aliphatic carbocycles. The fraction of sp³-hybridized carbons (Fsp3) is 0.375. The van der Waals surface area contributed by atoms with Gasteiger partial charge < -0.3 is 10.4 Å². The summed E-state index contributed by atoms with van der Waals surface area (Å²) in [5.41, 5.74) is 3.67. The van der Waals surface area contributed by atoms with Crippen LogP contribution in [0, 0.1) is 25.7 Å². The van der Waals surface area contributed by atoms with E-state index in [1.165, 1.54) is 0 Å². The van der Waals surface area contributed by atoms with Crippen molar-refractivity contribution in [2.75, 3.05) is 5.32 Å². The van der Waals surface area contributed by atoms with Gasteiger partial charge in [-0.2, -0.15) is 0 Å². The third kappa shape index (κ3) is 2.90. The molecule has 20 heavy (non-hydrogen) atoms. The highest BCUT2D eigenvalue weighted by molar-refractivity contribution is 5.96. The Morgan fingerprint density at radius 1 is 1.25 bits per heavy atom. The number of amides is 1. The minimum Gasteiger partial charge on any atom is -0.481 e. The van der Waals surface area contributed by atoms with Gasteiger partial charge in [0.05, 0.1) is 11.8 Å². The van der Waals surface area contributed by atoms with Crippen molar-refractivity contribution < 1.29 is 14.7 Å². The van der Waals surface area contributed by atoms with E-state index in [4.69, 9.17) is 0 Å². The first kappa shape index (κ1) is 14.3. The number of nitrogens with one attached hydrogen (secondary N) is 1. The molecule has 0 saturated heterocycles. The van der Waals surface area contributed by atoms with E-state index in [2.05, 4.69) is 11.9 Å². The van der Waals surface area contributed by atoms with Crippen LogP contribution in [0.3, 0.4) is 0 Å². The number of rotatable bonds is 3. The van der Waals surface area contributed by atoms with Crippen molar-refractivity contribution in [3.05, 3.63) is 41.5 Å². The number of aliphatic carboxylic acids is 1. The predicted molar refractivity (Wildman–Crippen MR) is 77.5 cm³/mol. The monoisotopic (exact) mass is 273 g/mol. The van der Waals surface area contributed by atoms with Crippen LogP contribution in [0.1, 0.15) is 24.0 Å². The minimum absolute atomic E-state index is 0.233. The SMILES string of the molecule is C=C1C[C@H](C(=O)O)[C@@H](C(=O)Nc2ccc(C)cc2C)C1. The molecular formula is C16H19NO3. The fourth-order valence-electron chi connectivity index (χ4n) is 2.70. The van der Waals surface area contributed by atoms with Crippen LogP contribution in [0.25, 0.3) is 0 Å². The molecule has 0 spiro atoms. The number of allylic oxidation sites excluding steroid dienone is 1. The lowest BCUT2D eigenvalue weighted by Crippen LogP contribution is -2.30. The number of carboxylic acids is 1. The van der Waals surface area contributed by atoms with E-state index in [-0.39, 0.29) is 5.91 Å². The molecule has 1 aromatic rings. The Labute approximate surface area is 118 Å². The summed E-state index contributed by atoms with van der Waals surface area (Å²) >= 11 is 0. The molecule has 4 heteroatoms. The van der Waals surface area contributed by atoms with Gasteiger partial charge >= 0.3 is 5.97 Å². The number of anilines is 1. The van der Waals surface area contributed by atoms with Gasteiger partial charge in [-0.15, -0.1) is 0 Å². The van der Waals surface area contributed by atoms with Crippen LogP contribution in [0.2, 0.25) is 0 Å². The van der Waals surface area contributed by atoms with Crippen LogP contribution in [0.15, 0.2) is 30.4 Å². The zero-order chi connectivity index (χ0) is 14.9. The summed E-state index contributed by atoms with van der Waals surface area (Å²) in [6.45, 7) is 7.72. The van der Waals surface area contributed by atoms with Crippen molar-refractivity contribution in [3.8, 4) is 0 Å². The Morgan fingerprint density at radius 2 is 1.90 bits per heavy atom. The number of hydrogen-bond acceptors (Lipinski definition) is 2. The van der Waals surface area contributed by atoms with Crippen molar-refractivity contribution in [2.24, 2.45) is 11.8 Å². The number of carboxylic acid groups (broad SMARTS) is 1. The Kier molecular flexibility index (Phi) is 3.93. The third-order valence-corrected chi connectivity index (χ3v) is 3.80. The van der Waals surface area contributed by atoms with Gasteiger partial charge in [-0.3, -0.25) is 9.59 Å². The number of carbonyl (C=O) groups excluding carboxylic acids is 1. The van der Waals surface area contributed by atoms with Crippen molar-refractivity contribution >= 4 is 17.6 Å². The molecule has 0 unspecified atom stereocenters. The van der Waals surface area contributed by atoms with Gasteiger partial charge in [-0.1, -0.05) is 29.8 Å². The highest BCUT2D eigenvalue weighted by Crippen LogP contribution is 2.36. The average molecular weight is 273 g/mol. The molecule has 1 aliphatic rings. The molecule has 1 amide bonds. The first-order valence-corrected chi connectivity index (χ1v) is 6.66. The molecule has 0 radical (unpaired) electrons. The Balaban J connectivity index is 2.15. The topological polar surface area (TPSA) is 66.4 Å². The van der Waals surface area contributed by atoms with E-state index in [9.17, 15) is 14.7 Å². The van der Waals surface area contributed by atoms with Crippen molar-refractivity contribution in [2.45, 2.75) is 26.7 Å². The van der Waals surface area contributed by atoms with E-state index in [0.717, 1.165) is 22.4 Å². The standard InChI is InChI=1S/C16H19NO3/c1-9-4-5-14(11(3)6-9)17-15(18)12-7-10(2)8-13(12)16(19)20/h4-6,12-13H,2,7-8H2,1,3H3,(H,17,18)(H,19,20)/t12-,13-/m0/s1. The number of hydrogen-bond donors (Lipinski definition) is 2. The normalized spacial score (nSPS) is 21.8. The van der Waals surface area contributed by atoms with Gasteiger partial charge in [-0.25, -0.2) is 0 Å². The predicted octanol–water partition coefficient (Wildman–Crippen LogP) is 2.91. The van der Waals surface area contributed by atoms with Gasteiger partial charge in [0.25, 0.3) is 0 Å². The van der Waals surface area contributed by atoms with E-state index >= 15 is 0 Å². The highest BCUT2D eigenvalue weighted by atomic mass is 16.4. The lowest BCUT2D eigenvalue weighted by molar-refractivity contribution is -0.145. The molecule has 0 aliphatic heterocycles. The Hall–Kier alpha value is -2.10. The molecule has 4 nitrogen and oxygen atoms in total. The van der Waals surface area contributed by atoms with E-state index in [0.29, 0.717) is 12.8 Å². The molecule has 0 aromatic heterocycles. The Morgan fingerprint density at radius 3 is 2.50 bits per heavy atom. The van der Waals surface area contributed by atoms with Gasteiger partial charge in [0.2, 0.25) is 5.91 Å². The van der Waals surface area contributed by atoms with Crippen LogP contribution in [-0.2, 0) is 9.59 Å². The van der Waals surface area contributed by atoms with E-state index in [1.54, 1.807) is 0 Å². The summed E-state index contributed by atoms with van der Waals surface area (Å²) in [7, 11) is 0. The van der Waals surface area contributed by atoms with Gasteiger partial charge in [0.15, 0.2) is 0 Å². The molecule has 2 atom stereocenters. The fourth-order valence-corrected chi connectivity index (χ4v) is 2.70. The summed E-state index contributed by atoms with van der Waals surface area (Å²) in [6.07, 6.45) is 0.841. The second kappa shape index (κ2) is 5.49. The molecular weight excluding hydrogens is 254 g/mol. The summed E-state index contributed by atoms with van der Waals surface area (Å²) in [5.74, 6) is -2.35. The summed E-state index contributed by atoms with van der Waals surface area (Å²) in [6, 6.07) is 5.75.